The number of hydrogen-bond acceptors (Lipinski definition) is 5. The second-order valence-electron chi connectivity index (χ2n) is 7.62. The fourth-order valence-electron chi connectivity index (χ4n) is 4.27. The molecule has 31 heavy (non-hydrogen) atoms. The third kappa shape index (κ3) is 4.00. The van der Waals surface area contributed by atoms with Crippen LogP contribution in [-0.2, 0) is 19.3 Å². The maximum absolute atomic E-state index is 5.59. The zero-order valence-electron chi connectivity index (χ0n) is 18.7. The molecule has 5 heteroatoms. The van der Waals surface area contributed by atoms with Gasteiger partial charge in [-0.2, -0.15) is 0 Å². The van der Waals surface area contributed by atoms with E-state index in [9.17, 15) is 0 Å². The van der Waals surface area contributed by atoms with Crippen molar-refractivity contribution in [1.82, 2.24) is 0 Å². The average Bonchev–Trinajstić information content (AvgIpc) is 2.86. The van der Waals surface area contributed by atoms with Crippen molar-refractivity contribution in [3.63, 3.8) is 0 Å². The number of benzene rings is 3. The lowest BCUT2D eigenvalue weighted by atomic mass is 9.94. The van der Waals surface area contributed by atoms with Crippen LogP contribution >= 0.6 is 0 Å². The van der Waals surface area contributed by atoms with E-state index in [1.165, 1.54) is 33.4 Å². The molecule has 4 rings (SSSR count). The van der Waals surface area contributed by atoms with Crippen LogP contribution < -0.4 is 23.7 Å². The Morgan fingerprint density at radius 3 is 1.13 bits per heavy atom. The van der Waals surface area contributed by atoms with Gasteiger partial charge in [0.1, 0.15) is 5.75 Å². The molecule has 162 valence electrons. The van der Waals surface area contributed by atoms with Crippen LogP contribution in [0, 0.1) is 0 Å². The van der Waals surface area contributed by atoms with E-state index in [0.29, 0.717) is 0 Å². The zero-order chi connectivity index (χ0) is 22.0. The number of ether oxygens (including phenoxy) is 5. The first-order chi connectivity index (χ1) is 15.1. The predicted octanol–water partition coefficient (Wildman–Crippen LogP) is 4.82. The molecule has 1 aliphatic carbocycles. The molecule has 0 fully saturated rings. The Labute approximate surface area is 183 Å². The van der Waals surface area contributed by atoms with Crippen molar-refractivity contribution in [2.24, 2.45) is 0 Å². The summed E-state index contributed by atoms with van der Waals surface area (Å²) in [4.78, 5) is 0. The summed E-state index contributed by atoms with van der Waals surface area (Å²) in [5.74, 6) is 3.79. The summed E-state index contributed by atoms with van der Waals surface area (Å²) in [6.45, 7) is 0. The van der Waals surface area contributed by atoms with Gasteiger partial charge in [0, 0.05) is 0 Å². The lowest BCUT2D eigenvalue weighted by Crippen LogP contribution is -2.02. The van der Waals surface area contributed by atoms with Crippen LogP contribution in [0.2, 0.25) is 0 Å². The van der Waals surface area contributed by atoms with E-state index in [2.05, 4.69) is 36.4 Å². The first-order valence-corrected chi connectivity index (χ1v) is 10.2. The van der Waals surface area contributed by atoms with Crippen LogP contribution in [0.4, 0.5) is 0 Å². The highest BCUT2D eigenvalue weighted by molar-refractivity contribution is 5.56. The summed E-state index contributed by atoms with van der Waals surface area (Å²) in [7, 11) is 8.38. The molecular weight excluding hydrogens is 392 g/mol. The van der Waals surface area contributed by atoms with Gasteiger partial charge >= 0.3 is 0 Å². The average molecular weight is 421 g/mol. The Morgan fingerprint density at radius 2 is 0.774 bits per heavy atom. The van der Waals surface area contributed by atoms with Gasteiger partial charge in [-0.1, -0.05) is 6.07 Å². The molecule has 0 atom stereocenters. The maximum atomic E-state index is 5.59. The SMILES string of the molecule is COc1ccc2c(c1)Cc1cc(OC)c(OC)cc1Cc1cc(OC)c(OC)cc1C2. The molecule has 0 bridgehead atoms. The Bertz CT molecular complexity index is 1090. The van der Waals surface area contributed by atoms with E-state index in [-0.39, 0.29) is 0 Å². The highest BCUT2D eigenvalue weighted by Crippen LogP contribution is 2.38. The Kier molecular flexibility index (Phi) is 5.94. The summed E-state index contributed by atoms with van der Waals surface area (Å²) in [6.07, 6.45) is 2.35. The van der Waals surface area contributed by atoms with Crippen molar-refractivity contribution in [1.29, 1.82) is 0 Å². The third-order valence-corrected chi connectivity index (χ3v) is 5.97. The summed E-state index contributed by atoms with van der Waals surface area (Å²) < 4.78 is 27.9. The van der Waals surface area contributed by atoms with Gasteiger partial charge in [-0.15, -0.1) is 0 Å². The van der Waals surface area contributed by atoms with Crippen LogP contribution in [0.5, 0.6) is 28.7 Å². The number of rotatable bonds is 5. The minimum Gasteiger partial charge on any atom is -0.497 e. The maximum Gasteiger partial charge on any atom is 0.161 e. The molecule has 0 saturated carbocycles. The number of fused-ring (bicyclic) bond motifs is 3. The fraction of sp³-hybridized carbons (Fsp3) is 0.308. The molecule has 0 aromatic heterocycles. The Balaban J connectivity index is 1.96. The molecule has 0 unspecified atom stereocenters. The highest BCUT2D eigenvalue weighted by atomic mass is 16.5. The van der Waals surface area contributed by atoms with Gasteiger partial charge in [-0.05, 0) is 89.0 Å². The van der Waals surface area contributed by atoms with E-state index in [1.807, 2.05) is 6.07 Å². The third-order valence-electron chi connectivity index (χ3n) is 5.97. The molecule has 0 radical (unpaired) electrons. The van der Waals surface area contributed by atoms with Crippen LogP contribution in [0.15, 0.2) is 42.5 Å². The summed E-state index contributed by atoms with van der Waals surface area (Å²) in [5.41, 5.74) is 7.31. The van der Waals surface area contributed by atoms with Crippen molar-refractivity contribution < 1.29 is 23.7 Å². The molecule has 3 aromatic rings. The molecule has 0 N–H and O–H groups in total. The minimum atomic E-state index is 0.730. The lowest BCUT2D eigenvalue weighted by Gasteiger charge is -2.17. The first kappa shape index (κ1) is 20.9. The van der Waals surface area contributed by atoms with Crippen LogP contribution in [-0.4, -0.2) is 35.5 Å². The van der Waals surface area contributed by atoms with Crippen molar-refractivity contribution in [3.8, 4) is 28.7 Å². The Morgan fingerprint density at radius 1 is 0.419 bits per heavy atom. The van der Waals surface area contributed by atoms with Crippen LogP contribution in [0.1, 0.15) is 33.4 Å². The predicted molar refractivity (Wildman–Crippen MR) is 121 cm³/mol. The molecule has 3 aromatic carbocycles. The molecular formula is C26H28O5. The fourth-order valence-corrected chi connectivity index (χ4v) is 4.27. The van der Waals surface area contributed by atoms with Gasteiger partial charge in [0.15, 0.2) is 23.0 Å². The van der Waals surface area contributed by atoms with Crippen molar-refractivity contribution in [2.75, 3.05) is 35.5 Å². The zero-order valence-corrected chi connectivity index (χ0v) is 18.7. The van der Waals surface area contributed by atoms with Gasteiger partial charge in [0.05, 0.1) is 35.5 Å². The molecule has 0 amide bonds. The number of hydrogen-bond donors (Lipinski definition) is 0. The molecule has 5 nitrogen and oxygen atoms in total. The minimum absolute atomic E-state index is 0.730. The van der Waals surface area contributed by atoms with E-state index >= 15 is 0 Å². The van der Waals surface area contributed by atoms with E-state index in [1.54, 1.807) is 35.5 Å². The normalized spacial score (nSPS) is 12.3. The van der Waals surface area contributed by atoms with Crippen molar-refractivity contribution >= 4 is 0 Å². The van der Waals surface area contributed by atoms with Gasteiger partial charge in [-0.3, -0.25) is 0 Å². The molecule has 0 spiro atoms. The van der Waals surface area contributed by atoms with Crippen LogP contribution in [0.3, 0.4) is 0 Å². The van der Waals surface area contributed by atoms with Gasteiger partial charge in [0.2, 0.25) is 0 Å². The monoisotopic (exact) mass is 420 g/mol. The van der Waals surface area contributed by atoms with E-state index < -0.39 is 0 Å². The molecule has 0 saturated heterocycles. The van der Waals surface area contributed by atoms with Crippen LogP contribution in [0.25, 0.3) is 0 Å². The molecule has 0 heterocycles. The first-order valence-electron chi connectivity index (χ1n) is 10.2. The second-order valence-corrected chi connectivity index (χ2v) is 7.62. The summed E-state index contributed by atoms with van der Waals surface area (Å²) in [5, 5.41) is 0. The quantitative estimate of drug-likeness (QED) is 0.463. The topological polar surface area (TPSA) is 46.2 Å². The largest absolute Gasteiger partial charge is 0.497 e. The van der Waals surface area contributed by atoms with Gasteiger partial charge in [0.25, 0.3) is 0 Å². The summed E-state index contributed by atoms with van der Waals surface area (Å²) >= 11 is 0. The Hall–Kier alpha value is -3.34. The summed E-state index contributed by atoms with van der Waals surface area (Å²) in [6, 6.07) is 14.6. The van der Waals surface area contributed by atoms with Crippen molar-refractivity contribution in [3.05, 3.63) is 75.8 Å². The van der Waals surface area contributed by atoms with E-state index in [4.69, 9.17) is 23.7 Å². The second kappa shape index (κ2) is 8.80. The lowest BCUT2D eigenvalue weighted by molar-refractivity contribution is 0.353. The van der Waals surface area contributed by atoms with Gasteiger partial charge < -0.3 is 23.7 Å². The standard InChI is InChI=1S/C26H28O5/c1-27-22-7-6-16-8-18-12-23(28-2)25(30-4)14-20(18)10-21-15-26(31-5)24(29-3)13-19(21)9-17(16)11-22/h6-7,11-15H,8-10H2,1-5H3. The molecule has 0 aliphatic heterocycles. The van der Waals surface area contributed by atoms with E-state index in [0.717, 1.165) is 48.0 Å². The molecule has 1 aliphatic rings. The van der Waals surface area contributed by atoms with Gasteiger partial charge in [-0.25, -0.2) is 0 Å². The smallest absolute Gasteiger partial charge is 0.161 e. The van der Waals surface area contributed by atoms with Crippen molar-refractivity contribution in [2.45, 2.75) is 19.3 Å². The highest BCUT2D eigenvalue weighted by Gasteiger charge is 2.20. The number of methoxy groups -OCH3 is 5.